The van der Waals surface area contributed by atoms with Crippen molar-refractivity contribution in [3.8, 4) is 0 Å². The SMILES string of the molecule is CCCCNC(=O)[C@@H](Cc1ccccc1)N(Cc1ccccc1)C(=O)CN(c1cc(Cl)ccc1C)S(=O)(=O)c1ccccc1. The summed E-state index contributed by atoms with van der Waals surface area (Å²) in [5.74, 6) is -0.803. The fourth-order valence-electron chi connectivity index (χ4n) is 4.92. The molecular weight excluding hydrogens is 594 g/mol. The molecule has 7 nitrogen and oxygen atoms in total. The number of aryl methyl sites for hydroxylation is 1. The molecule has 0 aliphatic rings. The van der Waals surface area contributed by atoms with Gasteiger partial charge in [0, 0.05) is 24.5 Å². The monoisotopic (exact) mass is 631 g/mol. The molecule has 0 radical (unpaired) electrons. The fraction of sp³-hybridized carbons (Fsp3) is 0.257. The van der Waals surface area contributed by atoms with Crippen molar-refractivity contribution >= 4 is 39.1 Å². The number of carbonyl (C=O) groups is 2. The van der Waals surface area contributed by atoms with E-state index in [2.05, 4.69) is 5.32 Å². The predicted octanol–water partition coefficient (Wildman–Crippen LogP) is 6.40. The van der Waals surface area contributed by atoms with Crippen LogP contribution in [0.2, 0.25) is 5.02 Å². The van der Waals surface area contributed by atoms with Crippen molar-refractivity contribution in [3.63, 3.8) is 0 Å². The van der Waals surface area contributed by atoms with E-state index in [1.807, 2.05) is 67.6 Å². The first-order valence-corrected chi connectivity index (χ1v) is 16.5. The summed E-state index contributed by atoms with van der Waals surface area (Å²) in [5, 5.41) is 3.34. The Bertz CT molecular complexity index is 1630. The van der Waals surface area contributed by atoms with Crippen LogP contribution < -0.4 is 9.62 Å². The molecule has 230 valence electrons. The van der Waals surface area contributed by atoms with E-state index in [4.69, 9.17) is 11.6 Å². The summed E-state index contributed by atoms with van der Waals surface area (Å²) in [6.07, 6.45) is 1.97. The van der Waals surface area contributed by atoms with Crippen molar-refractivity contribution in [2.75, 3.05) is 17.4 Å². The van der Waals surface area contributed by atoms with Gasteiger partial charge in [0.1, 0.15) is 12.6 Å². The number of nitrogens with zero attached hydrogens (tertiary/aromatic N) is 2. The average Bonchev–Trinajstić information content (AvgIpc) is 3.04. The summed E-state index contributed by atoms with van der Waals surface area (Å²) >= 11 is 6.34. The van der Waals surface area contributed by atoms with E-state index in [0.29, 0.717) is 22.8 Å². The van der Waals surface area contributed by atoms with Crippen LogP contribution in [0.1, 0.15) is 36.5 Å². The van der Waals surface area contributed by atoms with Crippen LogP contribution >= 0.6 is 11.6 Å². The third-order valence-electron chi connectivity index (χ3n) is 7.35. The minimum atomic E-state index is -4.19. The number of amides is 2. The number of benzene rings is 4. The van der Waals surface area contributed by atoms with Crippen molar-refractivity contribution in [1.82, 2.24) is 10.2 Å². The molecule has 4 aromatic carbocycles. The molecule has 2 amide bonds. The number of rotatable bonds is 14. The summed E-state index contributed by atoms with van der Waals surface area (Å²) in [6, 6.07) is 30.9. The molecule has 0 aliphatic carbocycles. The first kappa shape index (κ1) is 32.8. The van der Waals surface area contributed by atoms with E-state index in [-0.39, 0.29) is 23.8 Å². The summed E-state index contributed by atoms with van der Waals surface area (Å²) in [5.41, 5.74) is 2.63. The van der Waals surface area contributed by atoms with Crippen molar-refractivity contribution in [3.05, 3.63) is 131 Å². The van der Waals surface area contributed by atoms with Crippen LogP contribution in [-0.2, 0) is 32.6 Å². The molecule has 0 aromatic heterocycles. The predicted molar refractivity (Wildman–Crippen MR) is 176 cm³/mol. The number of sulfonamides is 1. The lowest BCUT2D eigenvalue weighted by atomic mass is 10.0. The van der Waals surface area contributed by atoms with E-state index in [1.165, 1.54) is 17.0 Å². The van der Waals surface area contributed by atoms with Gasteiger partial charge in [-0.1, -0.05) is 110 Å². The van der Waals surface area contributed by atoms with Gasteiger partial charge in [0.15, 0.2) is 0 Å². The number of carbonyl (C=O) groups excluding carboxylic acids is 2. The molecule has 1 N–H and O–H groups in total. The highest BCUT2D eigenvalue weighted by Gasteiger charge is 2.35. The standard InChI is InChI=1S/C35H38ClN3O4S/c1-3-4-22-37-35(41)33(23-28-14-8-5-9-15-28)38(25-29-16-10-6-11-17-29)34(40)26-39(32-24-30(36)21-20-27(32)2)44(42,43)31-18-12-7-13-19-31/h5-21,24,33H,3-4,22-23,25-26H2,1-2H3,(H,37,41)/t33-/m1/s1. The molecule has 0 spiro atoms. The Hall–Kier alpha value is -4.14. The molecule has 0 unspecified atom stereocenters. The quantitative estimate of drug-likeness (QED) is 0.163. The number of hydrogen-bond donors (Lipinski definition) is 1. The summed E-state index contributed by atoms with van der Waals surface area (Å²) in [4.78, 5) is 29.8. The van der Waals surface area contributed by atoms with Gasteiger partial charge in [0.25, 0.3) is 10.0 Å². The van der Waals surface area contributed by atoms with Gasteiger partial charge in [-0.25, -0.2) is 8.42 Å². The first-order valence-electron chi connectivity index (χ1n) is 14.7. The zero-order valence-electron chi connectivity index (χ0n) is 25.0. The van der Waals surface area contributed by atoms with Gasteiger partial charge in [-0.15, -0.1) is 0 Å². The highest BCUT2D eigenvalue weighted by molar-refractivity contribution is 7.92. The summed E-state index contributed by atoms with van der Waals surface area (Å²) in [6.45, 7) is 3.87. The molecule has 0 bridgehead atoms. The summed E-state index contributed by atoms with van der Waals surface area (Å²) < 4.78 is 29.3. The maximum absolute atomic E-state index is 14.5. The first-order chi connectivity index (χ1) is 21.2. The third kappa shape index (κ3) is 8.49. The maximum atomic E-state index is 14.5. The Labute approximate surface area is 265 Å². The van der Waals surface area contributed by atoms with E-state index in [9.17, 15) is 18.0 Å². The molecular formula is C35H38ClN3O4S. The van der Waals surface area contributed by atoms with Gasteiger partial charge in [-0.2, -0.15) is 0 Å². The Morgan fingerprint density at radius 3 is 2.05 bits per heavy atom. The van der Waals surface area contributed by atoms with Crippen molar-refractivity contribution in [2.45, 2.75) is 50.6 Å². The van der Waals surface area contributed by atoms with Gasteiger partial charge in [0.05, 0.1) is 10.6 Å². The van der Waals surface area contributed by atoms with Gasteiger partial charge in [-0.05, 0) is 54.3 Å². The zero-order chi connectivity index (χ0) is 31.5. The van der Waals surface area contributed by atoms with E-state index in [1.54, 1.807) is 43.3 Å². The lowest BCUT2D eigenvalue weighted by Crippen LogP contribution is -2.53. The number of unbranched alkanes of at least 4 members (excludes halogenated alkanes) is 1. The van der Waals surface area contributed by atoms with Crippen molar-refractivity contribution in [1.29, 1.82) is 0 Å². The van der Waals surface area contributed by atoms with Crippen LogP contribution in [-0.4, -0.2) is 44.3 Å². The smallest absolute Gasteiger partial charge is 0.264 e. The molecule has 0 saturated heterocycles. The number of anilines is 1. The lowest BCUT2D eigenvalue weighted by molar-refractivity contribution is -0.140. The molecule has 1 atom stereocenters. The second-order valence-electron chi connectivity index (χ2n) is 10.6. The fourth-order valence-corrected chi connectivity index (χ4v) is 6.58. The normalized spacial score (nSPS) is 11.9. The summed E-state index contributed by atoms with van der Waals surface area (Å²) in [7, 11) is -4.19. The Morgan fingerprint density at radius 2 is 1.43 bits per heavy atom. The van der Waals surface area contributed by atoms with Crippen LogP contribution in [0, 0.1) is 6.92 Å². The van der Waals surface area contributed by atoms with Crippen molar-refractivity contribution < 1.29 is 18.0 Å². The van der Waals surface area contributed by atoms with Crippen LogP contribution in [0.5, 0.6) is 0 Å². The van der Waals surface area contributed by atoms with E-state index >= 15 is 0 Å². The average molecular weight is 632 g/mol. The van der Waals surface area contributed by atoms with Gasteiger partial charge in [0.2, 0.25) is 11.8 Å². The minimum absolute atomic E-state index is 0.0416. The van der Waals surface area contributed by atoms with E-state index in [0.717, 1.165) is 28.3 Å². The highest BCUT2D eigenvalue weighted by atomic mass is 35.5. The van der Waals surface area contributed by atoms with Crippen LogP contribution in [0.15, 0.2) is 114 Å². The molecule has 4 rings (SSSR count). The highest BCUT2D eigenvalue weighted by Crippen LogP contribution is 2.30. The second-order valence-corrected chi connectivity index (χ2v) is 12.9. The van der Waals surface area contributed by atoms with E-state index < -0.39 is 28.5 Å². The Morgan fingerprint density at radius 1 is 0.841 bits per heavy atom. The maximum Gasteiger partial charge on any atom is 0.264 e. The topological polar surface area (TPSA) is 86.8 Å². The Balaban J connectivity index is 1.79. The third-order valence-corrected chi connectivity index (χ3v) is 9.36. The Kier molecular flexibility index (Phi) is 11.6. The van der Waals surface area contributed by atoms with Crippen LogP contribution in [0.25, 0.3) is 0 Å². The molecule has 0 saturated carbocycles. The van der Waals surface area contributed by atoms with Gasteiger partial charge in [-0.3, -0.25) is 13.9 Å². The number of halogens is 1. The van der Waals surface area contributed by atoms with Crippen LogP contribution in [0.4, 0.5) is 5.69 Å². The minimum Gasteiger partial charge on any atom is -0.354 e. The molecule has 44 heavy (non-hydrogen) atoms. The number of nitrogens with one attached hydrogen (secondary N) is 1. The molecule has 0 fully saturated rings. The largest absolute Gasteiger partial charge is 0.354 e. The zero-order valence-corrected chi connectivity index (χ0v) is 26.6. The number of hydrogen-bond acceptors (Lipinski definition) is 4. The molecule has 0 aliphatic heterocycles. The van der Waals surface area contributed by atoms with Crippen molar-refractivity contribution in [2.24, 2.45) is 0 Å². The second kappa shape index (κ2) is 15.5. The molecule has 4 aromatic rings. The van der Waals surface area contributed by atoms with Gasteiger partial charge >= 0.3 is 0 Å². The molecule has 0 heterocycles. The lowest BCUT2D eigenvalue weighted by Gasteiger charge is -2.34. The molecule has 9 heteroatoms. The van der Waals surface area contributed by atoms with Gasteiger partial charge < -0.3 is 10.2 Å². The van der Waals surface area contributed by atoms with Crippen LogP contribution in [0.3, 0.4) is 0 Å².